The van der Waals surface area contributed by atoms with Gasteiger partial charge in [-0.2, -0.15) is 13.2 Å². The number of hydrogen-bond acceptors (Lipinski definition) is 4. The molecular formula is C16H18F3N3OS. The zero-order chi connectivity index (χ0) is 18.2. The van der Waals surface area contributed by atoms with Gasteiger partial charge in [0.25, 0.3) is 0 Å². The summed E-state index contributed by atoms with van der Waals surface area (Å²) in [5.41, 5.74) is 3.52. The number of carbonyl (C=O) groups is 1. The van der Waals surface area contributed by atoms with E-state index in [0.717, 1.165) is 33.0 Å². The number of rotatable bonds is 4. The Morgan fingerprint density at radius 1 is 1.12 bits per heavy atom. The van der Waals surface area contributed by atoms with E-state index in [9.17, 15) is 18.0 Å². The average molecular weight is 357 g/mol. The van der Waals surface area contributed by atoms with Gasteiger partial charge in [-0.05, 0) is 50.5 Å². The zero-order valence-corrected chi connectivity index (χ0v) is 14.8. The molecule has 0 aliphatic rings. The summed E-state index contributed by atoms with van der Waals surface area (Å²) >= 11 is 0.969. The molecule has 130 valence electrons. The van der Waals surface area contributed by atoms with Gasteiger partial charge < -0.3 is 4.57 Å². The van der Waals surface area contributed by atoms with Gasteiger partial charge in [-0.3, -0.25) is 4.79 Å². The van der Waals surface area contributed by atoms with Crippen LogP contribution in [0.4, 0.5) is 13.2 Å². The maximum Gasteiger partial charge on any atom is 0.451 e. The van der Waals surface area contributed by atoms with Crippen molar-refractivity contribution >= 4 is 17.5 Å². The zero-order valence-electron chi connectivity index (χ0n) is 14.0. The highest BCUT2D eigenvalue weighted by Crippen LogP contribution is 2.31. The minimum Gasteiger partial charge on any atom is -0.302 e. The van der Waals surface area contributed by atoms with E-state index in [-0.39, 0.29) is 10.9 Å². The number of aryl methyl sites for hydroxylation is 3. The molecular weight excluding hydrogens is 339 g/mol. The molecule has 4 nitrogen and oxygen atoms in total. The summed E-state index contributed by atoms with van der Waals surface area (Å²) in [6.07, 6.45) is -4.57. The number of hydrogen-bond donors (Lipinski definition) is 0. The van der Waals surface area contributed by atoms with Crippen LogP contribution in [0.3, 0.4) is 0 Å². The van der Waals surface area contributed by atoms with Gasteiger partial charge >= 0.3 is 6.18 Å². The first-order valence-corrected chi connectivity index (χ1v) is 8.15. The molecule has 0 unspecified atom stereocenters. The van der Waals surface area contributed by atoms with Crippen LogP contribution in [0.2, 0.25) is 0 Å². The molecule has 0 aliphatic carbocycles. The van der Waals surface area contributed by atoms with E-state index in [2.05, 4.69) is 10.2 Å². The normalized spacial score (nSPS) is 13.2. The van der Waals surface area contributed by atoms with E-state index in [1.54, 1.807) is 6.92 Å². The Balaban J connectivity index is 2.25. The number of halogens is 3. The molecule has 0 saturated carbocycles. The molecule has 0 saturated heterocycles. The predicted octanol–water partition coefficient (Wildman–Crippen LogP) is 4.12. The molecule has 1 atom stereocenters. The van der Waals surface area contributed by atoms with Crippen LogP contribution in [-0.2, 0) is 13.2 Å². The number of aromatic nitrogens is 3. The second kappa shape index (κ2) is 6.58. The Kier molecular flexibility index (Phi) is 5.08. The van der Waals surface area contributed by atoms with Crippen molar-refractivity contribution < 1.29 is 18.0 Å². The fraction of sp³-hybridized carbons (Fsp3) is 0.438. The van der Waals surface area contributed by atoms with Crippen LogP contribution in [0, 0.1) is 20.8 Å². The lowest BCUT2D eigenvalue weighted by molar-refractivity contribution is -0.147. The van der Waals surface area contributed by atoms with E-state index < -0.39 is 17.3 Å². The Bertz CT molecular complexity index is 784. The number of Topliss-reactive ketones (excluding diaryl/α,β-unsaturated/α-hetero) is 1. The fourth-order valence-corrected chi connectivity index (χ4v) is 3.20. The first kappa shape index (κ1) is 18.5. The number of benzene rings is 1. The number of carbonyl (C=O) groups excluding carboxylic acids is 1. The molecule has 1 heterocycles. The molecule has 0 aliphatic heterocycles. The Hall–Kier alpha value is -1.83. The molecule has 0 bridgehead atoms. The van der Waals surface area contributed by atoms with Crippen molar-refractivity contribution in [1.82, 2.24) is 14.8 Å². The van der Waals surface area contributed by atoms with Gasteiger partial charge in [0.15, 0.2) is 10.9 Å². The minimum atomic E-state index is -4.57. The summed E-state index contributed by atoms with van der Waals surface area (Å²) < 4.78 is 39.1. The SMILES string of the molecule is Cc1cc(C)c(C(=O)[C@H](C)Sc2nnc(C(F)(F)F)n2C)cc1C. The van der Waals surface area contributed by atoms with E-state index in [1.165, 1.54) is 7.05 Å². The van der Waals surface area contributed by atoms with E-state index in [0.29, 0.717) is 5.56 Å². The molecule has 0 radical (unpaired) electrons. The lowest BCUT2D eigenvalue weighted by Crippen LogP contribution is -2.17. The van der Waals surface area contributed by atoms with Crippen molar-refractivity contribution in [2.75, 3.05) is 0 Å². The lowest BCUT2D eigenvalue weighted by Gasteiger charge is -2.14. The maximum atomic E-state index is 12.8. The molecule has 8 heteroatoms. The monoisotopic (exact) mass is 357 g/mol. The molecule has 0 fully saturated rings. The second-order valence-electron chi connectivity index (χ2n) is 5.74. The first-order chi connectivity index (χ1) is 11.0. The standard InChI is InChI=1S/C16H18F3N3OS/c1-8-6-10(3)12(7-9(8)2)13(23)11(4)24-15-21-20-14(22(15)5)16(17,18)19/h6-7,11H,1-5H3/t11-/m0/s1. The topological polar surface area (TPSA) is 47.8 Å². The highest BCUT2D eigenvalue weighted by molar-refractivity contribution is 8.00. The molecule has 1 aromatic carbocycles. The highest BCUT2D eigenvalue weighted by Gasteiger charge is 2.38. The smallest absolute Gasteiger partial charge is 0.302 e. The quantitative estimate of drug-likeness (QED) is 0.610. The van der Waals surface area contributed by atoms with Crippen molar-refractivity contribution in [3.8, 4) is 0 Å². The van der Waals surface area contributed by atoms with E-state index in [4.69, 9.17) is 0 Å². The summed E-state index contributed by atoms with van der Waals surface area (Å²) in [4.78, 5) is 12.6. The van der Waals surface area contributed by atoms with E-state index in [1.807, 2.05) is 32.9 Å². The maximum absolute atomic E-state index is 12.8. The largest absolute Gasteiger partial charge is 0.451 e. The van der Waals surface area contributed by atoms with Crippen LogP contribution in [0.5, 0.6) is 0 Å². The van der Waals surface area contributed by atoms with E-state index >= 15 is 0 Å². The van der Waals surface area contributed by atoms with Gasteiger partial charge in [0.1, 0.15) is 0 Å². The Labute approximate surface area is 142 Å². The predicted molar refractivity (Wildman–Crippen MR) is 86.3 cm³/mol. The Morgan fingerprint density at radius 3 is 2.25 bits per heavy atom. The lowest BCUT2D eigenvalue weighted by atomic mass is 9.97. The molecule has 0 N–H and O–H groups in total. The van der Waals surface area contributed by atoms with Gasteiger partial charge in [-0.25, -0.2) is 0 Å². The van der Waals surface area contributed by atoms with Crippen LogP contribution in [-0.4, -0.2) is 25.8 Å². The number of thioether (sulfide) groups is 1. The number of nitrogens with zero attached hydrogens (tertiary/aromatic N) is 3. The van der Waals surface area contributed by atoms with Crippen LogP contribution in [0.1, 0.15) is 39.8 Å². The first-order valence-electron chi connectivity index (χ1n) is 7.27. The molecule has 2 rings (SSSR count). The van der Waals surface area contributed by atoms with Crippen LogP contribution in [0.15, 0.2) is 17.3 Å². The van der Waals surface area contributed by atoms with Gasteiger partial charge in [0, 0.05) is 12.6 Å². The van der Waals surface area contributed by atoms with Crippen LogP contribution < -0.4 is 0 Å². The van der Waals surface area contributed by atoms with Crippen molar-refractivity contribution in [1.29, 1.82) is 0 Å². The highest BCUT2D eigenvalue weighted by atomic mass is 32.2. The molecule has 1 aromatic heterocycles. The average Bonchev–Trinajstić information content (AvgIpc) is 2.83. The summed E-state index contributed by atoms with van der Waals surface area (Å²) in [5.74, 6) is -1.22. The second-order valence-corrected chi connectivity index (χ2v) is 7.05. The van der Waals surface area contributed by atoms with Crippen molar-refractivity contribution in [3.05, 3.63) is 40.2 Å². The summed E-state index contributed by atoms with van der Waals surface area (Å²) in [5, 5.41) is 6.21. The van der Waals surface area contributed by atoms with Crippen LogP contribution in [0.25, 0.3) is 0 Å². The summed E-state index contributed by atoms with van der Waals surface area (Å²) in [6, 6.07) is 3.76. The summed E-state index contributed by atoms with van der Waals surface area (Å²) in [6.45, 7) is 7.39. The third kappa shape index (κ3) is 3.63. The number of alkyl halides is 3. The van der Waals surface area contributed by atoms with Gasteiger partial charge in [0.05, 0.1) is 5.25 Å². The summed E-state index contributed by atoms with van der Waals surface area (Å²) in [7, 11) is 1.24. The molecule has 0 amide bonds. The minimum absolute atomic E-state index is 0.0599. The van der Waals surface area contributed by atoms with Gasteiger partial charge in [-0.1, -0.05) is 17.8 Å². The Morgan fingerprint density at radius 2 is 1.71 bits per heavy atom. The fourth-order valence-electron chi connectivity index (χ4n) is 2.32. The molecule has 2 aromatic rings. The molecule has 24 heavy (non-hydrogen) atoms. The third-order valence-electron chi connectivity index (χ3n) is 3.85. The third-order valence-corrected chi connectivity index (χ3v) is 4.98. The van der Waals surface area contributed by atoms with Crippen LogP contribution >= 0.6 is 11.8 Å². The number of ketones is 1. The van der Waals surface area contributed by atoms with Crippen molar-refractivity contribution in [3.63, 3.8) is 0 Å². The van der Waals surface area contributed by atoms with Gasteiger partial charge in [0.2, 0.25) is 5.82 Å². The molecule has 0 spiro atoms. The van der Waals surface area contributed by atoms with Crippen molar-refractivity contribution in [2.24, 2.45) is 7.05 Å². The van der Waals surface area contributed by atoms with Crippen molar-refractivity contribution in [2.45, 2.75) is 44.3 Å². The van der Waals surface area contributed by atoms with Gasteiger partial charge in [-0.15, -0.1) is 10.2 Å².